The smallest absolute Gasteiger partial charge is 0.225 e. The van der Waals surface area contributed by atoms with Crippen LogP contribution in [-0.2, 0) is 11.2 Å². The van der Waals surface area contributed by atoms with Gasteiger partial charge in [0.2, 0.25) is 5.91 Å². The van der Waals surface area contributed by atoms with Crippen molar-refractivity contribution in [2.24, 2.45) is 11.7 Å². The van der Waals surface area contributed by atoms with Gasteiger partial charge < -0.3 is 11.1 Å². The molecule has 1 aromatic carbocycles. The van der Waals surface area contributed by atoms with Crippen LogP contribution in [0.15, 0.2) is 18.2 Å². The molecule has 0 saturated heterocycles. The van der Waals surface area contributed by atoms with Crippen LogP contribution in [-0.4, -0.2) is 18.0 Å². The number of benzene rings is 1. The number of hydrogen-bond donors (Lipinski definition) is 2. The zero-order chi connectivity index (χ0) is 14.6. The van der Waals surface area contributed by atoms with Crippen molar-refractivity contribution in [2.45, 2.75) is 32.7 Å². The van der Waals surface area contributed by atoms with Crippen LogP contribution in [0.5, 0.6) is 0 Å². The summed E-state index contributed by atoms with van der Waals surface area (Å²) in [5, 5.41) is 2.81. The predicted molar refractivity (Wildman–Crippen MR) is 70.5 cm³/mol. The standard InChI is InChI=1S/C14H20F2N2O/c1-14(2,3)18-13(19)10(8-17)6-9-4-5-11(15)7-12(9)16/h4-5,7,10H,6,8,17H2,1-3H3,(H,18,19). The average Bonchev–Trinajstić information content (AvgIpc) is 2.25. The molecule has 19 heavy (non-hydrogen) atoms. The number of carbonyl (C=O) groups is 1. The van der Waals surface area contributed by atoms with Gasteiger partial charge in [-0.3, -0.25) is 4.79 Å². The van der Waals surface area contributed by atoms with Crippen molar-refractivity contribution in [3.63, 3.8) is 0 Å². The van der Waals surface area contributed by atoms with Gasteiger partial charge in [-0.05, 0) is 38.8 Å². The fourth-order valence-electron chi connectivity index (χ4n) is 1.71. The normalized spacial score (nSPS) is 13.2. The number of rotatable bonds is 4. The Hall–Kier alpha value is -1.49. The molecule has 106 valence electrons. The van der Waals surface area contributed by atoms with Gasteiger partial charge in [-0.15, -0.1) is 0 Å². The second-order valence-corrected chi connectivity index (χ2v) is 5.61. The molecule has 1 atom stereocenters. The van der Waals surface area contributed by atoms with E-state index >= 15 is 0 Å². The molecule has 0 fully saturated rings. The summed E-state index contributed by atoms with van der Waals surface area (Å²) in [5.74, 6) is -2.04. The monoisotopic (exact) mass is 270 g/mol. The van der Waals surface area contributed by atoms with Crippen LogP contribution in [0.3, 0.4) is 0 Å². The molecule has 0 heterocycles. The first-order valence-corrected chi connectivity index (χ1v) is 6.19. The lowest BCUT2D eigenvalue weighted by Crippen LogP contribution is -2.46. The van der Waals surface area contributed by atoms with E-state index in [1.807, 2.05) is 20.8 Å². The fraction of sp³-hybridized carbons (Fsp3) is 0.500. The van der Waals surface area contributed by atoms with E-state index in [-0.39, 0.29) is 24.4 Å². The highest BCUT2D eigenvalue weighted by Gasteiger charge is 2.23. The number of nitrogens with two attached hydrogens (primary N) is 1. The van der Waals surface area contributed by atoms with E-state index < -0.39 is 17.6 Å². The van der Waals surface area contributed by atoms with Crippen molar-refractivity contribution in [3.8, 4) is 0 Å². The van der Waals surface area contributed by atoms with Gasteiger partial charge in [-0.1, -0.05) is 6.07 Å². The molecule has 1 rings (SSSR count). The van der Waals surface area contributed by atoms with Gasteiger partial charge in [0.25, 0.3) is 0 Å². The molecular formula is C14H20F2N2O. The minimum atomic E-state index is -0.651. The minimum absolute atomic E-state index is 0.110. The SMILES string of the molecule is CC(C)(C)NC(=O)C(CN)Cc1ccc(F)cc1F. The Bertz CT molecular complexity index is 455. The predicted octanol–water partition coefficient (Wildman–Crippen LogP) is 2.00. The van der Waals surface area contributed by atoms with Crippen LogP contribution < -0.4 is 11.1 Å². The molecule has 3 nitrogen and oxygen atoms in total. The zero-order valence-corrected chi connectivity index (χ0v) is 11.5. The lowest BCUT2D eigenvalue weighted by atomic mass is 9.96. The first kappa shape index (κ1) is 15.6. The van der Waals surface area contributed by atoms with Crippen molar-refractivity contribution in [1.29, 1.82) is 0 Å². The Labute approximate surface area is 112 Å². The van der Waals surface area contributed by atoms with Crippen LogP contribution in [0.4, 0.5) is 8.78 Å². The maximum atomic E-state index is 13.5. The third-order valence-electron chi connectivity index (χ3n) is 2.63. The largest absolute Gasteiger partial charge is 0.351 e. The highest BCUT2D eigenvalue weighted by molar-refractivity contribution is 5.79. The van der Waals surface area contributed by atoms with E-state index in [1.54, 1.807) is 0 Å². The van der Waals surface area contributed by atoms with Crippen LogP contribution >= 0.6 is 0 Å². The first-order valence-electron chi connectivity index (χ1n) is 6.19. The molecule has 1 aromatic rings. The van der Waals surface area contributed by atoms with Gasteiger partial charge in [-0.2, -0.15) is 0 Å². The molecule has 0 spiro atoms. The summed E-state index contributed by atoms with van der Waals surface area (Å²) in [4.78, 5) is 12.0. The Kier molecular flexibility index (Phi) is 5.00. The molecule has 0 aromatic heterocycles. The Balaban J connectivity index is 2.79. The summed E-state index contributed by atoms with van der Waals surface area (Å²) in [6.07, 6.45) is 0.157. The molecule has 1 amide bonds. The second kappa shape index (κ2) is 6.10. The van der Waals surface area contributed by atoms with E-state index in [0.29, 0.717) is 5.56 Å². The van der Waals surface area contributed by atoms with E-state index in [2.05, 4.69) is 5.32 Å². The van der Waals surface area contributed by atoms with Crippen molar-refractivity contribution in [2.75, 3.05) is 6.54 Å². The summed E-state index contributed by atoms with van der Waals surface area (Å²) in [6.45, 7) is 5.68. The quantitative estimate of drug-likeness (QED) is 0.879. The van der Waals surface area contributed by atoms with E-state index in [9.17, 15) is 13.6 Å². The topological polar surface area (TPSA) is 55.1 Å². The highest BCUT2D eigenvalue weighted by Crippen LogP contribution is 2.15. The van der Waals surface area contributed by atoms with E-state index in [4.69, 9.17) is 5.73 Å². The Morgan fingerprint density at radius 1 is 1.37 bits per heavy atom. The Morgan fingerprint density at radius 2 is 2.00 bits per heavy atom. The maximum Gasteiger partial charge on any atom is 0.225 e. The number of halogens is 2. The van der Waals surface area contributed by atoms with Crippen LogP contribution in [0, 0.1) is 17.6 Å². The van der Waals surface area contributed by atoms with Crippen molar-refractivity contribution >= 4 is 5.91 Å². The van der Waals surface area contributed by atoms with Crippen molar-refractivity contribution in [1.82, 2.24) is 5.32 Å². The number of nitrogens with one attached hydrogen (secondary N) is 1. The number of amides is 1. The molecule has 0 saturated carbocycles. The molecule has 0 radical (unpaired) electrons. The molecule has 0 aliphatic carbocycles. The van der Waals surface area contributed by atoms with Gasteiger partial charge in [0, 0.05) is 18.2 Å². The molecule has 3 N–H and O–H groups in total. The van der Waals surface area contributed by atoms with Gasteiger partial charge in [-0.25, -0.2) is 8.78 Å². The molecule has 1 unspecified atom stereocenters. The maximum absolute atomic E-state index is 13.5. The molecule has 5 heteroatoms. The van der Waals surface area contributed by atoms with Gasteiger partial charge in [0.1, 0.15) is 11.6 Å². The summed E-state index contributed by atoms with van der Waals surface area (Å²) in [6, 6.07) is 3.33. The third-order valence-corrected chi connectivity index (χ3v) is 2.63. The van der Waals surface area contributed by atoms with Crippen LogP contribution in [0.1, 0.15) is 26.3 Å². The number of hydrogen-bond acceptors (Lipinski definition) is 2. The second-order valence-electron chi connectivity index (χ2n) is 5.61. The lowest BCUT2D eigenvalue weighted by Gasteiger charge is -2.24. The Morgan fingerprint density at radius 3 is 2.47 bits per heavy atom. The molecular weight excluding hydrogens is 250 g/mol. The van der Waals surface area contributed by atoms with Gasteiger partial charge >= 0.3 is 0 Å². The summed E-state index contributed by atoms with van der Waals surface area (Å²) >= 11 is 0. The van der Waals surface area contributed by atoms with Gasteiger partial charge in [0.15, 0.2) is 0 Å². The zero-order valence-electron chi connectivity index (χ0n) is 11.5. The lowest BCUT2D eigenvalue weighted by molar-refractivity contribution is -0.126. The van der Waals surface area contributed by atoms with E-state index in [1.165, 1.54) is 12.1 Å². The van der Waals surface area contributed by atoms with Crippen LogP contribution in [0.25, 0.3) is 0 Å². The molecule has 0 bridgehead atoms. The fourth-order valence-corrected chi connectivity index (χ4v) is 1.71. The van der Waals surface area contributed by atoms with Gasteiger partial charge in [0.05, 0.1) is 5.92 Å². The van der Waals surface area contributed by atoms with E-state index in [0.717, 1.165) is 6.07 Å². The van der Waals surface area contributed by atoms with Crippen molar-refractivity contribution in [3.05, 3.63) is 35.4 Å². The van der Waals surface area contributed by atoms with Crippen molar-refractivity contribution < 1.29 is 13.6 Å². The third kappa shape index (κ3) is 4.95. The first-order chi connectivity index (χ1) is 8.73. The average molecular weight is 270 g/mol. The van der Waals surface area contributed by atoms with Crippen LogP contribution in [0.2, 0.25) is 0 Å². The summed E-state index contributed by atoms with van der Waals surface area (Å²) < 4.78 is 26.3. The molecule has 0 aliphatic heterocycles. The molecule has 0 aliphatic rings. The number of carbonyl (C=O) groups excluding carboxylic acids is 1. The highest BCUT2D eigenvalue weighted by atomic mass is 19.1. The minimum Gasteiger partial charge on any atom is -0.351 e. The summed E-state index contributed by atoms with van der Waals surface area (Å²) in [7, 11) is 0. The summed E-state index contributed by atoms with van der Waals surface area (Å²) in [5.41, 5.74) is 5.49.